The maximum atomic E-state index is 11.9. The molecule has 1 unspecified atom stereocenters. The summed E-state index contributed by atoms with van der Waals surface area (Å²) in [5, 5.41) is 14.7. The van der Waals surface area contributed by atoms with Crippen molar-refractivity contribution in [3.05, 3.63) is 41.6 Å². The minimum Gasteiger partial charge on any atom is -0.387 e. The van der Waals surface area contributed by atoms with Crippen LogP contribution in [0, 0.1) is 18.3 Å². The molecule has 0 aromatic heterocycles. The van der Waals surface area contributed by atoms with Crippen molar-refractivity contribution in [2.24, 2.45) is 0 Å². The van der Waals surface area contributed by atoms with Crippen molar-refractivity contribution >= 4 is 11.6 Å². The normalized spacial score (nSPS) is 12.4. The van der Waals surface area contributed by atoms with Gasteiger partial charge >= 0.3 is 0 Å². The summed E-state index contributed by atoms with van der Waals surface area (Å²) in [5.74, 6) is -0.399. The quantitative estimate of drug-likeness (QED) is 0.629. The summed E-state index contributed by atoms with van der Waals surface area (Å²) >= 11 is 0. The van der Waals surface area contributed by atoms with Gasteiger partial charge in [0.25, 0.3) is 5.91 Å². The van der Waals surface area contributed by atoms with Crippen LogP contribution in [0.25, 0.3) is 0 Å². The fraction of sp³-hybridized carbons (Fsp3) is 0.333. The molecule has 1 aromatic rings. The zero-order valence-corrected chi connectivity index (χ0v) is 11.5. The molecule has 1 aromatic carbocycles. The first kappa shape index (κ1) is 14.8. The van der Waals surface area contributed by atoms with Crippen LogP contribution in [-0.2, 0) is 4.79 Å². The third-order valence-corrected chi connectivity index (χ3v) is 2.77. The van der Waals surface area contributed by atoms with E-state index in [4.69, 9.17) is 5.26 Å². The van der Waals surface area contributed by atoms with Gasteiger partial charge in [0.1, 0.15) is 11.6 Å². The van der Waals surface area contributed by atoms with Gasteiger partial charge in [0.2, 0.25) is 0 Å². The molecule has 4 heteroatoms. The number of benzene rings is 1. The Morgan fingerprint density at radius 1 is 1.53 bits per heavy atom. The molecular formula is C15H19N3O. The van der Waals surface area contributed by atoms with Gasteiger partial charge in [-0.25, -0.2) is 0 Å². The molecule has 0 radical (unpaired) electrons. The Labute approximate surface area is 114 Å². The van der Waals surface area contributed by atoms with Gasteiger partial charge in [-0.05, 0) is 38.0 Å². The molecule has 100 valence electrons. The number of nitrogens with zero attached hydrogens (tertiary/aromatic N) is 1. The maximum absolute atomic E-state index is 11.9. The Bertz CT molecular complexity index is 514. The molecule has 4 nitrogen and oxygen atoms in total. The molecule has 0 spiro atoms. The number of rotatable bonds is 5. The van der Waals surface area contributed by atoms with E-state index in [0.29, 0.717) is 5.69 Å². The molecule has 1 atom stereocenters. The molecule has 0 aliphatic rings. The highest BCUT2D eigenvalue weighted by atomic mass is 16.1. The molecule has 2 N–H and O–H groups in total. The summed E-state index contributed by atoms with van der Waals surface area (Å²) in [4.78, 5) is 11.9. The zero-order chi connectivity index (χ0) is 14.3. The molecule has 0 bridgehead atoms. The Morgan fingerprint density at radius 3 is 2.84 bits per heavy atom. The molecule has 19 heavy (non-hydrogen) atoms. The van der Waals surface area contributed by atoms with Crippen LogP contribution in [0.15, 0.2) is 36.0 Å². The average Bonchev–Trinajstić information content (AvgIpc) is 2.39. The van der Waals surface area contributed by atoms with Crippen LogP contribution in [0.1, 0.15) is 25.8 Å². The van der Waals surface area contributed by atoms with Crippen molar-refractivity contribution in [3.63, 3.8) is 0 Å². The van der Waals surface area contributed by atoms with Gasteiger partial charge in [0, 0.05) is 17.9 Å². The lowest BCUT2D eigenvalue weighted by Crippen LogP contribution is -2.22. The highest BCUT2D eigenvalue weighted by molar-refractivity contribution is 6.06. The van der Waals surface area contributed by atoms with Crippen LogP contribution in [0.2, 0.25) is 0 Å². The predicted octanol–water partition coefficient (Wildman–Crippen LogP) is 2.73. The van der Waals surface area contributed by atoms with Crippen molar-refractivity contribution in [1.82, 2.24) is 5.32 Å². The van der Waals surface area contributed by atoms with Crippen LogP contribution in [0.3, 0.4) is 0 Å². The molecule has 0 saturated heterocycles. The largest absolute Gasteiger partial charge is 0.387 e. The van der Waals surface area contributed by atoms with Crippen LogP contribution in [0.4, 0.5) is 5.69 Å². The van der Waals surface area contributed by atoms with Crippen LogP contribution >= 0.6 is 0 Å². The van der Waals surface area contributed by atoms with E-state index in [9.17, 15) is 4.79 Å². The van der Waals surface area contributed by atoms with Crippen molar-refractivity contribution in [3.8, 4) is 6.07 Å². The number of hydrogen-bond acceptors (Lipinski definition) is 3. The summed E-state index contributed by atoms with van der Waals surface area (Å²) in [6.45, 7) is 5.97. The standard InChI is InChI=1S/C15H19N3O/c1-4-12(3)17-10-13(9-16)15(19)18-14-7-5-6-11(2)8-14/h5-8,10,12,17H,4H2,1-3H3,(H,18,19)/b13-10-. The molecule has 1 amide bonds. The smallest absolute Gasteiger partial charge is 0.267 e. The third kappa shape index (κ3) is 4.84. The predicted molar refractivity (Wildman–Crippen MR) is 76.4 cm³/mol. The second-order valence-electron chi connectivity index (χ2n) is 4.47. The molecule has 0 fully saturated rings. The fourth-order valence-electron chi connectivity index (χ4n) is 1.41. The summed E-state index contributed by atoms with van der Waals surface area (Å²) in [6.07, 6.45) is 2.40. The van der Waals surface area contributed by atoms with Crippen molar-refractivity contribution in [2.45, 2.75) is 33.2 Å². The first-order chi connectivity index (χ1) is 9.06. The second kappa shape index (κ2) is 7.22. The monoisotopic (exact) mass is 257 g/mol. The highest BCUT2D eigenvalue weighted by Crippen LogP contribution is 2.10. The molecular weight excluding hydrogens is 238 g/mol. The molecule has 0 saturated carbocycles. The van der Waals surface area contributed by atoms with Crippen molar-refractivity contribution < 1.29 is 4.79 Å². The number of amides is 1. The number of carbonyl (C=O) groups is 1. The van der Waals surface area contributed by atoms with E-state index in [-0.39, 0.29) is 11.6 Å². The Kier molecular flexibility index (Phi) is 5.62. The fourth-order valence-corrected chi connectivity index (χ4v) is 1.41. The number of nitriles is 1. The lowest BCUT2D eigenvalue weighted by molar-refractivity contribution is -0.112. The summed E-state index contributed by atoms with van der Waals surface area (Å²) in [7, 11) is 0. The zero-order valence-electron chi connectivity index (χ0n) is 11.5. The number of anilines is 1. The number of hydrogen-bond donors (Lipinski definition) is 2. The maximum Gasteiger partial charge on any atom is 0.267 e. The van der Waals surface area contributed by atoms with Crippen LogP contribution < -0.4 is 10.6 Å². The first-order valence-electron chi connectivity index (χ1n) is 6.31. The molecule has 0 heterocycles. The van der Waals surface area contributed by atoms with Gasteiger partial charge in [-0.3, -0.25) is 4.79 Å². The van der Waals surface area contributed by atoms with E-state index in [1.807, 2.05) is 45.0 Å². The number of nitrogens with one attached hydrogen (secondary N) is 2. The lowest BCUT2D eigenvalue weighted by Gasteiger charge is -2.09. The van der Waals surface area contributed by atoms with E-state index in [1.165, 1.54) is 6.20 Å². The summed E-state index contributed by atoms with van der Waals surface area (Å²) < 4.78 is 0. The molecule has 0 aliphatic carbocycles. The van der Waals surface area contributed by atoms with Gasteiger partial charge < -0.3 is 10.6 Å². The number of aryl methyl sites for hydroxylation is 1. The lowest BCUT2D eigenvalue weighted by atomic mass is 10.2. The van der Waals surface area contributed by atoms with E-state index in [1.54, 1.807) is 6.07 Å². The Hall–Kier alpha value is -2.28. The number of carbonyl (C=O) groups excluding carboxylic acids is 1. The van der Waals surface area contributed by atoms with E-state index < -0.39 is 5.91 Å². The topological polar surface area (TPSA) is 64.9 Å². The average molecular weight is 257 g/mol. The SMILES string of the molecule is CCC(C)N/C=C(/C#N)C(=O)Nc1cccc(C)c1. The van der Waals surface area contributed by atoms with Crippen molar-refractivity contribution in [1.29, 1.82) is 5.26 Å². The minimum atomic E-state index is -0.399. The van der Waals surface area contributed by atoms with Crippen LogP contribution in [-0.4, -0.2) is 11.9 Å². The van der Waals surface area contributed by atoms with E-state index >= 15 is 0 Å². The Balaban J connectivity index is 2.72. The summed E-state index contributed by atoms with van der Waals surface area (Å²) in [5.41, 5.74) is 1.81. The van der Waals surface area contributed by atoms with Gasteiger partial charge in [-0.15, -0.1) is 0 Å². The van der Waals surface area contributed by atoms with Crippen LogP contribution in [0.5, 0.6) is 0 Å². The van der Waals surface area contributed by atoms with Gasteiger partial charge in [0.15, 0.2) is 0 Å². The summed E-state index contributed by atoms with van der Waals surface area (Å²) in [6, 6.07) is 9.59. The van der Waals surface area contributed by atoms with E-state index in [0.717, 1.165) is 12.0 Å². The van der Waals surface area contributed by atoms with Crippen molar-refractivity contribution in [2.75, 3.05) is 5.32 Å². The van der Waals surface area contributed by atoms with Gasteiger partial charge in [-0.2, -0.15) is 5.26 Å². The molecule has 0 aliphatic heterocycles. The van der Waals surface area contributed by atoms with Gasteiger partial charge in [0.05, 0.1) is 0 Å². The molecule has 1 rings (SSSR count). The van der Waals surface area contributed by atoms with E-state index in [2.05, 4.69) is 10.6 Å². The third-order valence-electron chi connectivity index (χ3n) is 2.77. The Morgan fingerprint density at radius 2 is 2.26 bits per heavy atom. The highest BCUT2D eigenvalue weighted by Gasteiger charge is 2.09. The first-order valence-corrected chi connectivity index (χ1v) is 6.31. The second-order valence-corrected chi connectivity index (χ2v) is 4.47. The minimum absolute atomic E-state index is 0.0711. The van der Waals surface area contributed by atoms with Gasteiger partial charge in [-0.1, -0.05) is 19.1 Å².